The van der Waals surface area contributed by atoms with Crippen molar-refractivity contribution in [1.82, 2.24) is 39.8 Å². The molecule has 70 heavy (non-hydrogen) atoms. The summed E-state index contributed by atoms with van der Waals surface area (Å²) in [6.45, 7) is 13.8. The predicted octanol–water partition coefficient (Wildman–Crippen LogP) is 4.33. The van der Waals surface area contributed by atoms with Gasteiger partial charge in [-0.05, 0) is 73.5 Å². The Morgan fingerprint density at radius 1 is 0.643 bits per heavy atom. The molecule has 2 aromatic carbocycles. The molecule has 2 aliphatic rings. The zero-order valence-electron chi connectivity index (χ0n) is 39.7. The van der Waals surface area contributed by atoms with Crippen molar-refractivity contribution in [1.29, 1.82) is 0 Å². The van der Waals surface area contributed by atoms with Gasteiger partial charge >= 0.3 is 6.43 Å². The summed E-state index contributed by atoms with van der Waals surface area (Å²) in [6, 6.07) is 21.2. The number of halogens is 2. The lowest BCUT2D eigenvalue weighted by Crippen LogP contribution is -2.47. The van der Waals surface area contributed by atoms with Gasteiger partial charge in [0, 0.05) is 97.3 Å². The largest absolute Gasteiger partial charge is 0.415 e. The van der Waals surface area contributed by atoms with Crippen molar-refractivity contribution in [3.05, 3.63) is 119 Å². The maximum absolute atomic E-state index is 12.9. The molecular weight excluding hydrogens is 949 g/mol. The van der Waals surface area contributed by atoms with E-state index in [-0.39, 0.29) is 54.6 Å². The summed E-state index contributed by atoms with van der Waals surface area (Å²) >= 11 is 0. The maximum atomic E-state index is 12.9. The summed E-state index contributed by atoms with van der Waals surface area (Å²) in [5.41, 5.74) is 10.3. The summed E-state index contributed by atoms with van der Waals surface area (Å²) in [4.78, 5) is 51.5. The number of piperazine rings is 2. The predicted molar refractivity (Wildman–Crippen MR) is 259 cm³/mol. The molecule has 5 aromatic rings. The molecule has 0 aliphatic carbocycles. The van der Waals surface area contributed by atoms with Crippen LogP contribution in [0.1, 0.15) is 72.9 Å². The van der Waals surface area contributed by atoms with E-state index in [2.05, 4.69) is 30.0 Å². The lowest BCUT2D eigenvalue weighted by molar-refractivity contribution is -0.131. The van der Waals surface area contributed by atoms with Crippen LogP contribution in [0.3, 0.4) is 0 Å². The fourth-order valence-electron chi connectivity index (χ4n) is 7.68. The van der Waals surface area contributed by atoms with E-state index in [0.717, 1.165) is 56.9 Å². The summed E-state index contributed by atoms with van der Waals surface area (Å²) in [5, 5.41) is 6.90. The van der Waals surface area contributed by atoms with Gasteiger partial charge in [0.25, 0.3) is 5.89 Å². The number of nitrogens with zero attached hydrogens (tertiary/aromatic N) is 10. The number of hydrogen-bond acceptors (Lipinski definition) is 15. The van der Waals surface area contributed by atoms with Crippen molar-refractivity contribution in [2.75, 3.05) is 79.0 Å². The van der Waals surface area contributed by atoms with E-state index in [9.17, 15) is 40.0 Å². The van der Waals surface area contributed by atoms with E-state index in [0.29, 0.717) is 53.5 Å². The second-order valence-electron chi connectivity index (χ2n) is 16.7. The highest BCUT2D eigenvalue weighted by atomic mass is 32.2. The third kappa shape index (κ3) is 14.2. The average molecular weight is 1010 g/mol. The molecule has 7 rings (SSSR count). The van der Waals surface area contributed by atoms with Gasteiger partial charge in [0.2, 0.25) is 37.8 Å². The Labute approximate surface area is 407 Å². The Balaban J connectivity index is 0.000000231. The molecule has 3 aromatic heterocycles. The van der Waals surface area contributed by atoms with Crippen molar-refractivity contribution in [3.63, 3.8) is 0 Å². The molecule has 0 radical (unpaired) electrons. The summed E-state index contributed by atoms with van der Waals surface area (Å²) in [7, 11) is -7.15. The molecule has 0 unspecified atom stereocenters. The van der Waals surface area contributed by atoms with Crippen LogP contribution >= 0.6 is 0 Å². The van der Waals surface area contributed by atoms with Crippen LogP contribution in [0.15, 0.2) is 89.6 Å². The first kappa shape index (κ1) is 53.1. The minimum absolute atomic E-state index is 0.00504. The first-order valence-electron chi connectivity index (χ1n) is 22.8. The number of hydrogen-bond donors (Lipinski definition) is 1. The van der Waals surface area contributed by atoms with Crippen molar-refractivity contribution in [2.24, 2.45) is 5.73 Å². The number of carbonyl (C=O) groups excluding carboxylic acids is 3. The van der Waals surface area contributed by atoms with Gasteiger partial charge in [-0.3, -0.25) is 42.8 Å². The number of nitrogens with two attached hydrogens (primary N) is 1. The van der Waals surface area contributed by atoms with Gasteiger partial charge in [0.05, 0.1) is 59.5 Å². The minimum Gasteiger partial charge on any atom is -0.415 e. The van der Waals surface area contributed by atoms with Crippen LogP contribution in [-0.2, 0) is 55.8 Å². The fraction of sp³-hybridized carbons (Fsp3) is 0.426. The SMILES string of the molecule is CCS(=O)(=O)N(Cc1ccc(-c2nnc(C(F)F)o2)cn1)c1ccc(CN2CCN(C(C)=O)CC2)cc1.CCS(=O)(=O)N(Cc1ccc(C(=O)CN)cn1)c1ccc(CN2CCN(C(C)=O)CC2)cc1. The second-order valence-corrected chi connectivity index (χ2v) is 21.0. The number of alkyl halides is 2. The standard InChI is InChI=1S/C24H28F2N6O4S.C23H31N5O4S/c1-3-37(34,35)32(16-20-7-6-19(14-27-20)23-28-29-24(36-23)22(25)26)21-8-4-18(5-9-21)15-30-10-12-31(13-11-30)17(2)33;1-3-33(31,32)28(17-21-7-6-20(15-25-21)23(30)14-24)22-8-4-19(5-9-22)16-26-10-12-27(13-11-26)18(2)29/h4-9,14,22H,3,10-13,15-16H2,1-2H3;4-9,15H,3,10-14,16-17,24H2,1-2H3. The van der Waals surface area contributed by atoms with E-state index in [1.165, 1.54) is 21.0 Å². The van der Waals surface area contributed by atoms with Crippen LogP contribution in [0, 0.1) is 0 Å². The first-order valence-corrected chi connectivity index (χ1v) is 26.0. The third-order valence-corrected chi connectivity index (χ3v) is 15.4. The molecule has 376 valence electrons. The van der Waals surface area contributed by atoms with Crippen molar-refractivity contribution < 1.29 is 44.4 Å². The number of ketones is 1. The molecule has 19 nitrogen and oxygen atoms in total. The van der Waals surface area contributed by atoms with E-state index >= 15 is 0 Å². The average Bonchev–Trinajstić information content (AvgIpc) is 3.87. The molecule has 0 atom stereocenters. The molecule has 0 bridgehead atoms. The smallest absolute Gasteiger partial charge is 0.314 e. The number of sulfonamides is 2. The molecule has 2 saturated heterocycles. The summed E-state index contributed by atoms with van der Waals surface area (Å²) in [5.74, 6) is -1.03. The van der Waals surface area contributed by atoms with Crippen molar-refractivity contribution in [2.45, 2.75) is 60.3 Å². The van der Waals surface area contributed by atoms with Crippen LogP contribution in [-0.4, -0.2) is 145 Å². The number of carbonyl (C=O) groups is 3. The molecule has 2 amide bonds. The molecule has 2 N–H and O–H groups in total. The normalized spacial score (nSPS) is 14.8. The van der Waals surface area contributed by atoms with Crippen LogP contribution < -0.4 is 14.3 Å². The second kappa shape index (κ2) is 24.0. The van der Waals surface area contributed by atoms with Crippen LogP contribution in [0.4, 0.5) is 20.2 Å². The quantitative estimate of drug-likeness (QED) is 0.121. The van der Waals surface area contributed by atoms with E-state index in [1.807, 2.05) is 34.1 Å². The Hall–Kier alpha value is -6.27. The number of rotatable bonds is 18. The monoisotopic (exact) mass is 1010 g/mol. The molecule has 5 heterocycles. The first-order chi connectivity index (χ1) is 33.4. The van der Waals surface area contributed by atoms with E-state index < -0.39 is 32.4 Å². The highest BCUT2D eigenvalue weighted by Crippen LogP contribution is 2.26. The lowest BCUT2D eigenvalue weighted by Gasteiger charge is -2.34. The highest BCUT2D eigenvalue weighted by Gasteiger charge is 2.25. The van der Waals surface area contributed by atoms with Gasteiger partial charge in [-0.2, -0.15) is 8.78 Å². The Morgan fingerprint density at radius 2 is 1.09 bits per heavy atom. The Kier molecular flexibility index (Phi) is 18.2. The summed E-state index contributed by atoms with van der Waals surface area (Å²) in [6.07, 6.45) is -0.0651. The molecular formula is C47H59F2N11O8S2. The van der Waals surface area contributed by atoms with Gasteiger partial charge in [-0.1, -0.05) is 24.3 Å². The number of benzene rings is 2. The number of Topliss-reactive ketones (excluding diaryl/α,β-unsaturated/α-hetero) is 1. The number of pyridine rings is 2. The third-order valence-electron chi connectivity index (χ3n) is 11.9. The van der Waals surface area contributed by atoms with Crippen molar-refractivity contribution >= 4 is 49.0 Å². The van der Waals surface area contributed by atoms with Crippen LogP contribution in [0.25, 0.3) is 11.5 Å². The minimum atomic E-state index is -3.61. The topological polar surface area (TPSA) is 230 Å². The summed E-state index contributed by atoms with van der Waals surface area (Å²) < 4.78 is 84.4. The molecule has 2 fully saturated rings. The zero-order valence-corrected chi connectivity index (χ0v) is 41.3. The zero-order chi connectivity index (χ0) is 50.6. The van der Waals surface area contributed by atoms with E-state index in [1.54, 1.807) is 76.2 Å². The van der Waals surface area contributed by atoms with E-state index in [4.69, 9.17) is 10.2 Å². The van der Waals surface area contributed by atoms with Crippen molar-refractivity contribution in [3.8, 4) is 11.5 Å². The number of anilines is 2. The Morgan fingerprint density at radius 3 is 1.43 bits per heavy atom. The molecule has 0 saturated carbocycles. The van der Waals surface area contributed by atoms with Gasteiger partial charge in [0.15, 0.2) is 5.78 Å². The molecule has 2 aliphatic heterocycles. The van der Waals surface area contributed by atoms with Crippen LogP contribution in [0.2, 0.25) is 0 Å². The van der Waals surface area contributed by atoms with Gasteiger partial charge in [0.1, 0.15) is 0 Å². The lowest BCUT2D eigenvalue weighted by atomic mass is 10.1. The molecule has 0 spiro atoms. The molecule has 23 heteroatoms. The van der Waals surface area contributed by atoms with Gasteiger partial charge in [-0.25, -0.2) is 16.8 Å². The fourth-order valence-corrected chi connectivity index (χ4v) is 9.85. The van der Waals surface area contributed by atoms with Crippen LogP contribution in [0.5, 0.6) is 0 Å². The number of aromatic nitrogens is 4. The maximum Gasteiger partial charge on any atom is 0.314 e. The van der Waals surface area contributed by atoms with Gasteiger partial charge < -0.3 is 20.0 Å². The highest BCUT2D eigenvalue weighted by molar-refractivity contribution is 7.93. The Bertz CT molecular complexity index is 2750. The number of amides is 2. The van der Waals surface area contributed by atoms with Gasteiger partial charge in [-0.15, -0.1) is 10.2 Å².